The molecule has 0 radical (unpaired) electrons. The van der Waals surface area contributed by atoms with Gasteiger partial charge in [-0.2, -0.15) is 0 Å². The van der Waals surface area contributed by atoms with Gasteiger partial charge in [0, 0.05) is 18.6 Å². The predicted molar refractivity (Wildman–Crippen MR) is 76.3 cm³/mol. The number of unbranched alkanes of at least 4 members (excludes halogenated alkanes) is 5. The van der Waals surface area contributed by atoms with Gasteiger partial charge in [0.1, 0.15) is 0 Å². The monoisotopic (exact) mass is 243 g/mol. The van der Waals surface area contributed by atoms with Crippen molar-refractivity contribution in [1.29, 1.82) is 0 Å². The van der Waals surface area contributed by atoms with Gasteiger partial charge in [-0.3, -0.25) is 0 Å². The van der Waals surface area contributed by atoms with Crippen molar-refractivity contribution in [1.82, 2.24) is 5.32 Å². The Bertz CT molecular complexity index is 147. The molecule has 0 aliphatic heterocycles. The normalized spacial score (nSPS) is 12.0. The van der Waals surface area contributed by atoms with E-state index in [0.717, 1.165) is 25.9 Å². The van der Waals surface area contributed by atoms with Gasteiger partial charge in [0.15, 0.2) is 0 Å². The third kappa shape index (κ3) is 7.77. The molecule has 0 bridgehead atoms. The Morgan fingerprint density at radius 3 is 2.00 bits per heavy atom. The highest BCUT2D eigenvalue weighted by Crippen LogP contribution is 2.24. The van der Waals surface area contributed by atoms with Crippen LogP contribution in [0.2, 0.25) is 0 Å². The molecule has 0 amide bonds. The minimum atomic E-state index is 0.113. The van der Waals surface area contributed by atoms with Crippen molar-refractivity contribution in [2.75, 3.05) is 19.7 Å². The highest BCUT2D eigenvalue weighted by Gasteiger charge is 2.24. The van der Waals surface area contributed by atoms with E-state index in [4.69, 9.17) is 0 Å². The molecule has 0 aromatic rings. The van der Waals surface area contributed by atoms with Gasteiger partial charge in [-0.15, -0.1) is 0 Å². The molecule has 0 unspecified atom stereocenters. The second kappa shape index (κ2) is 11.0. The molecular weight excluding hydrogens is 210 g/mol. The minimum absolute atomic E-state index is 0.113. The molecule has 0 aliphatic carbocycles. The molecule has 0 aromatic carbocycles. The Morgan fingerprint density at radius 1 is 0.882 bits per heavy atom. The highest BCUT2D eigenvalue weighted by atomic mass is 16.3. The van der Waals surface area contributed by atoms with Crippen LogP contribution < -0.4 is 5.32 Å². The average molecular weight is 243 g/mol. The van der Waals surface area contributed by atoms with Crippen molar-refractivity contribution in [2.24, 2.45) is 5.41 Å². The van der Waals surface area contributed by atoms with Gasteiger partial charge in [-0.1, -0.05) is 52.9 Å². The Labute approximate surface area is 108 Å². The van der Waals surface area contributed by atoms with Crippen LogP contribution in [0.4, 0.5) is 0 Å². The summed E-state index contributed by atoms with van der Waals surface area (Å²) in [7, 11) is 0. The Kier molecular flexibility index (Phi) is 11.0. The maximum Gasteiger partial charge on any atom is 0.0499 e. The summed E-state index contributed by atoms with van der Waals surface area (Å²) in [5.41, 5.74) is 0.113. The first-order valence-corrected chi connectivity index (χ1v) is 7.56. The highest BCUT2D eigenvalue weighted by molar-refractivity contribution is 4.77. The molecule has 0 heterocycles. The van der Waals surface area contributed by atoms with E-state index in [2.05, 4.69) is 26.1 Å². The van der Waals surface area contributed by atoms with Crippen LogP contribution in [0, 0.1) is 5.41 Å². The summed E-state index contributed by atoms with van der Waals surface area (Å²) in [6.07, 6.45) is 10.2. The molecule has 0 rings (SSSR count). The molecule has 0 saturated heterocycles. The van der Waals surface area contributed by atoms with E-state index >= 15 is 0 Å². The first kappa shape index (κ1) is 16.9. The van der Waals surface area contributed by atoms with Crippen molar-refractivity contribution >= 4 is 0 Å². The Hall–Kier alpha value is -0.0800. The topological polar surface area (TPSA) is 32.3 Å². The van der Waals surface area contributed by atoms with E-state index in [9.17, 15) is 5.11 Å². The predicted octanol–water partition coefficient (Wildman–Crippen LogP) is 3.74. The molecule has 0 spiro atoms. The van der Waals surface area contributed by atoms with Crippen molar-refractivity contribution in [2.45, 2.75) is 72.1 Å². The van der Waals surface area contributed by atoms with Crippen LogP contribution >= 0.6 is 0 Å². The molecule has 0 aliphatic rings. The van der Waals surface area contributed by atoms with Crippen molar-refractivity contribution < 1.29 is 5.11 Å². The van der Waals surface area contributed by atoms with E-state index in [1.807, 2.05) is 0 Å². The number of nitrogens with one attached hydrogen (secondary N) is 1. The molecule has 2 heteroatoms. The maximum atomic E-state index is 9.44. The zero-order valence-electron chi connectivity index (χ0n) is 12.2. The first-order chi connectivity index (χ1) is 8.24. The maximum absolute atomic E-state index is 9.44. The standard InChI is InChI=1S/C15H33NO/c1-4-7-8-9-10-11-12-16-13-15(5-2,6-3)14-17/h16-17H,4-14H2,1-3H3. The minimum Gasteiger partial charge on any atom is -0.396 e. The fraction of sp³-hybridized carbons (Fsp3) is 1.00. The van der Waals surface area contributed by atoms with E-state index in [1.165, 1.54) is 38.5 Å². The van der Waals surface area contributed by atoms with Gasteiger partial charge in [0.05, 0.1) is 0 Å². The van der Waals surface area contributed by atoms with E-state index in [1.54, 1.807) is 0 Å². The van der Waals surface area contributed by atoms with Crippen LogP contribution in [-0.4, -0.2) is 24.8 Å². The van der Waals surface area contributed by atoms with E-state index in [0.29, 0.717) is 6.61 Å². The van der Waals surface area contributed by atoms with Gasteiger partial charge >= 0.3 is 0 Å². The number of aliphatic hydroxyl groups is 1. The van der Waals surface area contributed by atoms with Crippen molar-refractivity contribution in [3.8, 4) is 0 Å². The quantitative estimate of drug-likeness (QED) is 0.512. The molecular formula is C15H33NO. The van der Waals surface area contributed by atoms with Gasteiger partial charge in [-0.25, -0.2) is 0 Å². The van der Waals surface area contributed by atoms with Crippen LogP contribution in [-0.2, 0) is 0 Å². The van der Waals surface area contributed by atoms with Gasteiger partial charge in [-0.05, 0) is 25.8 Å². The largest absolute Gasteiger partial charge is 0.396 e. The van der Waals surface area contributed by atoms with Crippen molar-refractivity contribution in [3.63, 3.8) is 0 Å². The summed E-state index contributed by atoms with van der Waals surface area (Å²) < 4.78 is 0. The average Bonchev–Trinajstić information content (AvgIpc) is 2.38. The number of hydrogen-bond acceptors (Lipinski definition) is 2. The number of hydrogen-bond donors (Lipinski definition) is 2. The lowest BCUT2D eigenvalue weighted by Gasteiger charge is -2.29. The van der Waals surface area contributed by atoms with Crippen LogP contribution in [0.1, 0.15) is 72.1 Å². The fourth-order valence-corrected chi connectivity index (χ4v) is 2.16. The molecule has 17 heavy (non-hydrogen) atoms. The third-order valence-corrected chi connectivity index (χ3v) is 4.04. The lowest BCUT2D eigenvalue weighted by atomic mass is 9.83. The molecule has 104 valence electrons. The van der Waals surface area contributed by atoms with E-state index in [-0.39, 0.29) is 5.41 Å². The SMILES string of the molecule is CCCCCCCCNCC(CC)(CC)CO. The molecule has 0 aromatic heterocycles. The zero-order chi connectivity index (χ0) is 13.0. The second-order valence-corrected chi connectivity index (χ2v) is 5.31. The summed E-state index contributed by atoms with van der Waals surface area (Å²) in [5.74, 6) is 0. The molecule has 0 saturated carbocycles. The first-order valence-electron chi connectivity index (χ1n) is 7.56. The van der Waals surface area contributed by atoms with Gasteiger partial charge in [0.2, 0.25) is 0 Å². The van der Waals surface area contributed by atoms with Crippen LogP contribution in [0.25, 0.3) is 0 Å². The van der Waals surface area contributed by atoms with E-state index < -0.39 is 0 Å². The lowest BCUT2D eigenvalue weighted by molar-refractivity contribution is 0.113. The summed E-state index contributed by atoms with van der Waals surface area (Å²) in [6.45, 7) is 8.98. The van der Waals surface area contributed by atoms with Crippen LogP contribution in [0.5, 0.6) is 0 Å². The zero-order valence-corrected chi connectivity index (χ0v) is 12.2. The molecule has 0 fully saturated rings. The third-order valence-electron chi connectivity index (χ3n) is 4.04. The smallest absolute Gasteiger partial charge is 0.0499 e. The Morgan fingerprint density at radius 2 is 1.47 bits per heavy atom. The summed E-state index contributed by atoms with van der Waals surface area (Å²) in [6, 6.07) is 0. The van der Waals surface area contributed by atoms with Crippen LogP contribution in [0.3, 0.4) is 0 Å². The Balaban J connectivity index is 3.43. The van der Waals surface area contributed by atoms with Gasteiger partial charge < -0.3 is 10.4 Å². The summed E-state index contributed by atoms with van der Waals surface area (Å²) >= 11 is 0. The molecule has 2 nitrogen and oxygen atoms in total. The molecule has 2 N–H and O–H groups in total. The fourth-order valence-electron chi connectivity index (χ4n) is 2.16. The second-order valence-electron chi connectivity index (χ2n) is 5.31. The van der Waals surface area contributed by atoms with Crippen LogP contribution in [0.15, 0.2) is 0 Å². The van der Waals surface area contributed by atoms with Crippen molar-refractivity contribution in [3.05, 3.63) is 0 Å². The molecule has 0 atom stereocenters. The van der Waals surface area contributed by atoms with Gasteiger partial charge in [0.25, 0.3) is 0 Å². The number of rotatable bonds is 12. The lowest BCUT2D eigenvalue weighted by Crippen LogP contribution is -2.36. The summed E-state index contributed by atoms with van der Waals surface area (Å²) in [5, 5.41) is 12.9. The number of aliphatic hydroxyl groups excluding tert-OH is 1. The summed E-state index contributed by atoms with van der Waals surface area (Å²) in [4.78, 5) is 0.